The van der Waals surface area contributed by atoms with Gasteiger partial charge >= 0.3 is 0 Å². The summed E-state index contributed by atoms with van der Waals surface area (Å²) in [5.74, 6) is 0. The molecular formula is C8H8N4. The van der Waals surface area contributed by atoms with Crippen LogP contribution in [0.4, 0.5) is 0 Å². The van der Waals surface area contributed by atoms with Gasteiger partial charge in [0.2, 0.25) is 0 Å². The van der Waals surface area contributed by atoms with Crippen LogP contribution in [0.5, 0.6) is 0 Å². The molecule has 0 aliphatic carbocycles. The third-order valence-electron chi connectivity index (χ3n) is 1.58. The molecule has 2 aromatic heterocycles. The molecule has 2 heterocycles. The maximum absolute atomic E-state index is 4.11. The number of hydrogen-bond donors (Lipinski definition) is 0. The second-order valence-electron chi connectivity index (χ2n) is 2.52. The molecule has 0 bridgehead atoms. The largest absolute Gasteiger partial charge is 0.304 e. The minimum absolute atomic E-state index is 0.977. The third kappa shape index (κ3) is 1.18. The summed E-state index contributed by atoms with van der Waals surface area (Å²) in [5.41, 5.74) is 1.97. The van der Waals surface area contributed by atoms with Crippen molar-refractivity contribution in [1.82, 2.24) is 19.7 Å². The van der Waals surface area contributed by atoms with Gasteiger partial charge in [-0.15, -0.1) is 0 Å². The number of aromatic nitrogens is 4. The van der Waals surface area contributed by atoms with Gasteiger partial charge in [0.15, 0.2) is 0 Å². The van der Waals surface area contributed by atoms with Crippen LogP contribution in [-0.2, 0) is 0 Å². The highest BCUT2D eigenvalue weighted by atomic mass is 15.1. The van der Waals surface area contributed by atoms with E-state index in [1.54, 1.807) is 18.7 Å². The second-order valence-corrected chi connectivity index (χ2v) is 2.52. The molecule has 0 N–H and O–H groups in total. The fourth-order valence-electron chi connectivity index (χ4n) is 0.999. The van der Waals surface area contributed by atoms with Gasteiger partial charge in [0.05, 0.1) is 30.1 Å². The highest BCUT2D eigenvalue weighted by Gasteiger charge is 1.95. The van der Waals surface area contributed by atoms with Gasteiger partial charge in [-0.3, -0.25) is 0 Å². The van der Waals surface area contributed by atoms with Crippen LogP contribution in [0.2, 0.25) is 0 Å². The molecule has 0 spiro atoms. The summed E-state index contributed by atoms with van der Waals surface area (Å²) in [7, 11) is 0. The topological polar surface area (TPSA) is 43.6 Å². The SMILES string of the molecule is Cc1cn(-c2ccnnc2)cn1. The first kappa shape index (κ1) is 6.97. The minimum atomic E-state index is 0.977. The Bertz CT molecular complexity index is 366. The molecule has 60 valence electrons. The lowest BCUT2D eigenvalue weighted by Gasteiger charge is -1.97. The first-order chi connectivity index (χ1) is 5.86. The van der Waals surface area contributed by atoms with Gasteiger partial charge in [-0.05, 0) is 13.0 Å². The van der Waals surface area contributed by atoms with Crippen molar-refractivity contribution >= 4 is 0 Å². The molecular weight excluding hydrogens is 152 g/mol. The molecule has 0 fully saturated rings. The molecule has 2 aromatic rings. The standard InChI is InChI=1S/C8H8N4/c1-7-5-12(6-9-7)8-2-3-10-11-4-8/h2-6H,1H3. The van der Waals surface area contributed by atoms with E-state index < -0.39 is 0 Å². The predicted molar refractivity (Wildman–Crippen MR) is 43.9 cm³/mol. The summed E-state index contributed by atoms with van der Waals surface area (Å²) in [4.78, 5) is 4.11. The Labute approximate surface area is 69.9 Å². The Morgan fingerprint density at radius 1 is 1.33 bits per heavy atom. The summed E-state index contributed by atoms with van der Waals surface area (Å²) in [6.07, 6.45) is 7.05. The van der Waals surface area contributed by atoms with Crippen LogP contribution in [-0.4, -0.2) is 19.7 Å². The summed E-state index contributed by atoms with van der Waals surface area (Å²) in [6.45, 7) is 1.95. The first-order valence-electron chi connectivity index (χ1n) is 3.64. The van der Waals surface area contributed by atoms with Crippen molar-refractivity contribution in [1.29, 1.82) is 0 Å². The van der Waals surface area contributed by atoms with Crippen LogP contribution in [0.15, 0.2) is 31.0 Å². The average molecular weight is 160 g/mol. The fraction of sp³-hybridized carbons (Fsp3) is 0.125. The molecule has 0 saturated carbocycles. The molecule has 0 aromatic carbocycles. The zero-order valence-corrected chi connectivity index (χ0v) is 6.68. The van der Waals surface area contributed by atoms with E-state index in [2.05, 4.69) is 15.2 Å². The Kier molecular flexibility index (Phi) is 1.59. The monoisotopic (exact) mass is 160 g/mol. The molecule has 0 saturated heterocycles. The molecule has 0 atom stereocenters. The highest BCUT2D eigenvalue weighted by molar-refractivity contribution is 5.26. The molecule has 4 nitrogen and oxygen atoms in total. The quantitative estimate of drug-likeness (QED) is 0.624. The lowest BCUT2D eigenvalue weighted by molar-refractivity contribution is 0.970. The van der Waals surface area contributed by atoms with Crippen molar-refractivity contribution in [3.63, 3.8) is 0 Å². The molecule has 2 rings (SSSR count). The molecule has 0 radical (unpaired) electrons. The minimum Gasteiger partial charge on any atom is -0.304 e. The summed E-state index contributed by atoms with van der Waals surface area (Å²) in [6, 6.07) is 1.88. The van der Waals surface area contributed by atoms with Crippen molar-refractivity contribution < 1.29 is 0 Å². The third-order valence-corrected chi connectivity index (χ3v) is 1.58. The van der Waals surface area contributed by atoms with Crippen molar-refractivity contribution in [3.05, 3.63) is 36.7 Å². The van der Waals surface area contributed by atoms with Gasteiger partial charge in [-0.25, -0.2) is 4.98 Å². The molecule has 0 amide bonds. The first-order valence-corrected chi connectivity index (χ1v) is 3.64. The summed E-state index contributed by atoms with van der Waals surface area (Å²) >= 11 is 0. The van der Waals surface area contributed by atoms with Gasteiger partial charge in [-0.1, -0.05) is 0 Å². The zero-order valence-electron chi connectivity index (χ0n) is 6.68. The van der Waals surface area contributed by atoms with E-state index in [-0.39, 0.29) is 0 Å². The molecule has 4 heteroatoms. The highest BCUT2D eigenvalue weighted by Crippen LogP contribution is 2.04. The lowest BCUT2D eigenvalue weighted by atomic mass is 10.4. The summed E-state index contributed by atoms with van der Waals surface area (Å²) < 4.78 is 1.91. The average Bonchev–Trinajstić information content (AvgIpc) is 2.54. The van der Waals surface area contributed by atoms with E-state index in [1.807, 2.05) is 23.8 Å². The number of hydrogen-bond acceptors (Lipinski definition) is 3. The molecule has 0 unspecified atom stereocenters. The van der Waals surface area contributed by atoms with Crippen LogP contribution in [0.1, 0.15) is 5.69 Å². The van der Waals surface area contributed by atoms with Crippen molar-refractivity contribution in [2.45, 2.75) is 6.92 Å². The van der Waals surface area contributed by atoms with Crippen LogP contribution >= 0.6 is 0 Å². The Balaban J connectivity index is 2.45. The van der Waals surface area contributed by atoms with E-state index in [0.717, 1.165) is 11.4 Å². The number of aryl methyl sites for hydroxylation is 1. The van der Waals surface area contributed by atoms with E-state index in [9.17, 15) is 0 Å². The number of rotatable bonds is 1. The Morgan fingerprint density at radius 2 is 2.25 bits per heavy atom. The zero-order chi connectivity index (χ0) is 8.39. The number of imidazole rings is 1. The predicted octanol–water partition coefficient (Wildman–Crippen LogP) is 0.971. The Hall–Kier alpha value is -1.71. The van der Waals surface area contributed by atoms with Crippen LogP contribution in [0.25, 0.3) is 5.69 Å². The van der Waals surface area contributed by atoms with E-state index >= 15 is 0 Å². The maximum Gasteiger partial charge on any atom is 0.0995 e. The van der Waals surface area contributed by atoms with Crippen molar-refractivity contribution in [2.75, 3.05) is 0 Å². The van der Waals surface area contributed by atoms with E-state index in [0.29, 0.717) is 0 Å². The maximum atomic E-state index is 4.11. The molecule has 12 heavy (non-hydrogen) atoms. The molecule has 0 aliphatic rings. The van der Waals surface area contributed by atoms with Gasteiger partial charge in [0.25, 0.3) is 0 Å². The van der Waals surface area contributed by atoms with Crippen molar-refractivity contribution in [3.8, 4) is 5.69 Å². The van der Waals surface area contributed by atoms with Gasteiger partial charge in [-0.2, -0.15) is 10.2 Å². The molecule has 0 aliphatic heterocycles. The van der Waals surface area contributed by atoms with Gasteiger partial charge in [0.1, 0.15) is 0 Å². The smallest absolute Gasteiger partial charge is 0.0995 e. The van der Waals surface area contributed by atoms with E-state index in [1.165, 1.54) is 0 Å². The lowest BCUT2D eigenvalue weighted by Crippen LogP contribution is -1.91. The van der Waals surface area contributed by atoms with Gasteiger partial charge < -0.3 is 4.57 Å². The van der Waals surface area contributed by atoms with E-state index in [4.69, 9.17) is 0 Å². The fourth-order valence-corrected chi connectivity index (χ4v) is 0.999. The van der Waals surface area contributed by atoms with Crippen molar-refractivity contribution in [2.24, 2.45) is 0 Å². The second kappa shape index (κ2) is 2.73. The van der Waals surface area contributed by atoms with Gasteiger partial charge in [0, 0.05) is 6.20 Å². The van der Waals surface area contributed by atoms with Crippen LogP contribution in [0, 0.1) is 6.92 Å². The number of nitrogens with zero attached hydrogens (tertiary/aromatic N) is 4. The van der Waals surface area contributed by atoms with Crippen LogP contribution in [0.3, 0.4) is 0 Å². The van der Waals surface area contributed by atoms with Crippen LogP contribution < -0.4 is 0 Å². The normalized spacial score (nSPS) is 10.1. The Morgan fingerprint density at radius 3 is 2.83 bits per heavy atom. The summed E-state index contributed by atoms with van der Waals surface area (Å²) in [5, 5.41) is 7.47.